The minimum Gasteiger partial charge on any atom is -0.420 e. The molecule has 0 aromatic heterocycles. The molecule has 0 fully saturated rings. The van der Waals surface area contributed by atoms with Crippen LogP contribution < -0.4 is 0 Å². The highest BCUT2D eigenvalue weighted by Gasteiger charge is 2.39. The van der Waals surface area contributed by atoms with Crippen molar-refractivity contribution < 1.29 is 39.8 Å². The Hall–Kier alpha value is 1.88. The summed E-state index contributed by atoms with van der Waals surface area (Å²) < 4.78 is 48.4. The molecule has 0 amide bonds. The lowest BCUT2D eigenvalue weighted by molar-refractivity contribution is 0.0728. The smallest absolute Gasteiger partial charge is 0.420 e. The van der Waals surface area contributed by atoms with Gasteiger partial charge in [0.2, 0.25) is 8.32 Å². The van der Waals surface area contributed by atoms with Crippen LogP contribution in [0.2, 0.25) is 63.5 Å². The fourth-order valence-corrected chi connectivity index (χ4v) is 13.2. The molecule has 316 valence electrons. The van der Waals surface area contributed by atoms with Crippen LogP contribution in [0.5, 0.6) is 0 Å². The molecule has 0 aromatic carbocycles. The van der Waals surface area contributed by atoms with Gasteiger partial charge in [-0.1, -0.05) is 19.8 Å². The molecule has 0 rings (SSSR count). The fraction of sp³-hybridized carbons (Fsp3) is 1.00. The molecule has 0 radical (unpaired) electrons. The van der Waals surface area contributed by atoms with Gasteiger partial charge < -0.3 is 39.8 Å². The van der Waals surface area contributed by atoms with Crippen LogP contribution >= 0.6 is 46.4 Å². The van der Waals surface area contributed by atoms with E-state index in [9.17, 15) is 0 Å². The van der Waals surface area contributed by atoms with E-state index in [-0.39, 0.29) is 0 Å². The summed E-state index contributed by atoms with van der Waals surface area (Å²) in [5.74, 6) is 2.09. The Morgan fingerprint density at radius 1 is 0.373 bits per heavy atom. The van der Waals surface area contributed by atoms with Crippen molar-refractivity contribution in [2.24, 2.45) is 0 Å². The Balaban J connectivity index is -0.000000175. The number of halogens is 4. The summed E-state index contributed by atoms with van der Waals surface area (Å²) in [6, 6.07) is 3.98. The molecule has 0 saturated heterocycles. The predicted octanol–water partition coefficient (Wildman–Crippen LogP) is 11.3. The molecule has 0 aliphatic carbocycles. The lowest BCUT2D eigenvalue weighted by Crippen LogP contribution is -2.46. The molecular formula is C33H82Cl4O9Si5. The third kappa shape index (κ3) is 41.3. The maximum atomic E-state index is 5.69. The molecule has 0 saturated carbocycles. The van der Waals surface area contributed by atoms with Gasteiger partial charge in [0.15, 0.2) is 16.6 Å². The summed E-state index contributed by atoms with van der Waals surface area (Å²) in [7, 11) is -1.95. The van der Waals surface area contributed by atoms with Crippen molar-refractivity contribution in [3.05, 3.63) is 0 Å². The Labute approximate surface area is 342 Å². The van der Waals surface area contributed by atoms with Gasteiger partial charge >= 0.3 is 17.6 Å². The molecule has 51 heavy (non-hydrogen) atoms. The average molecular weight is 905 g/mol. The number of unbranched alkanes of at least 4 members (excludes halogenated alkanes) is 2. The van der Waals surface area contributed by atoms with Gasteiger partial charge in [-0.05, 0) is 98.8 Å². The second-order valence-corrected chi connectivity index (χ2v) is 33.6. The van der Waals surface area contributed by atoms with E-state index in [1.807, 2.05) is 41.7 Å². The van der Waals surface area contributed by atoms with Crippen molar-refractivity contribution >= 4 is 89.0 Å². The molecule has 0 heterocycles. The monoisotopic (exact) mass is 902 g/mol. The predicted molar refractivity (Wildman–Crippen MR) is 236 cm³/mol. The molecule has 0 aliphatic rings. The number of hydrogen-bond acceptors (Lipinski definition) is 9. The molecule has 0 bridgehead atoms. The summed E-state index contributed by atoms with van der Waals surface area (Å²) in [5, 5.41) is 0. The Morgan fingerprint density at radius 2 is 0.725 bits per heavy atom. The van der Waals surface area contributed by atoms with Crippen LogP contribution in [-0.4, -0.2) is 127 Å². The van der Waals surface area contributed by atoms with Crippen molar-refractivity contribution in [2.75, 3.05) is 84.6 Å². The zero-order chi connectivity index (χ0) is 40.9. The molecule has 0 spiro atoms. The van der Waals surface area contributed by atoms with Gasteiger partial charge in [0.05, 0.1) is 0 Å². The van der Waals surface area contributed by atoms with Gasteiger partial charge in [-0.25, -0.2) is 0 Å². The van der Waals surface area contributed by atoms with Gasteiger partial charge in [0.1, 0.15) is 0 Å². The van der Waals surface area contributed by atoms with E-state index < -0.39 is 42.6 Å². The van der Waals surface area contributed by atoms with E-state index in [4.69, 9.17) is 86.2 Å². The zero-order valence-corrected chi connectivity index (χ0v) is 43.7. The number of alkyl halides is 4. The third-order valence-corrected chi connectivity index (χ3v) is 22.9. The molecule has 0 aromatic rings. The normalized spacial score (nSPS) is 12.0. The van der Waals surface area contributed by atoms with E-state index in [1.165, 1.54) is 24.9 Å². The van der Waals surface area contributed by atoms with Crippen LogP contribution in [0.4, 0.5) is 0 Å². The fourth-order valence-electron chi connectivity index (χ4n) is 4.08. The Kier molecular flexibility index (Phi) is 48.8. The van der Waals surface area contributed by atoms with Crippen molar-refractivity contribution in [1.82, 2.24) is 0 Å². The van der Waals surface area contributed by atoms with Gasteiger partial charge in [-0.15, -0.1) is 46.4 Å². The highest BCUT2D eigenvalue weighted by atomic mass is 35.5. The number of rotatable bonds is 26. The molecule has 0 atom stereocenters. The van der Waals surface area contributed by atoms with E-state index in [0.717, 1.165) is 43.9 Å². The highest BCUT2D eigenvalue weighted by molar-refractivity contribution is 6.77. The van der Waals surface area contributed by atoms with Crippen molar-refractivity contribution in [3.8, 4) is 0 Å². The first-order valence-corrected chi connectivity index (χ1v) is 33.8. The summed E-state index contributed by atoms with van der Waals surface area (Å²) >= 11 is 22.4. The van der Waals surface area contributed by atoms with Crippen LogP contribution in [-0.2, 0) is 39.8 Å². The quantitative estimate of drug-likeness (QED) is 0.0479. The average Bonchev–Trinajstić information content (AvgIpc) is 3.08. The summed E-state index contributed by atoms with van der Waals surface area (Å²) in [6.07, 6.45) is 4.70. The second-order valence-electron chi connectivity index (χ2n) is 12.8. The molecule has 0 N–H and O–H groups in total. The van der Waals surface area contributed by atoms with Crippen LogP contribution in [0.25, 0.3) is 0 Å². The topological polar surface area (TPSA) is 83.1 Å². The highest BCUT2D eigenvalue weighted by Crippen LogP contribution is 2.17. The van der Waals surface area contributed by atoms with Gasteiger partial charge in [0.25, 0.3) is 0 Å². The first kappa shape index (κ1) is 62.1. The minimum absolute atomic E-state index is 0.520. The van der Waals surface area contributed by atoms with Gasteiger partial charge in [0, 0.05) is 96.7 Å². The Morgan fingerprint density at radius 3 is 0.941 bits per heavy atom. The van der Waals surface area contributed by atoms with Gasteiger partial charge in [-0.3, -0.25) is 0 Å². The maximum Gasteiger partial charge on any atom is 0.502 e. The lowest BCUT2D eigenvalue weighted by atomic mass is 10.4. The van der Waals surface area contributed by atoms with Crippen molar-refractivity contribution in [1.29, 1.82) is 0 Å². The SMILES string of the molecule is CCO[Si](C)(C)CCCCCl.CCO[Si](C)(C)CCl.CCO[Si](CCCl)(OCC)OCC.CC[Si](OC)(OC)OC.CO[Si](C)(C)CCCCCl. The van der Waals surface area contributed by atoms with Crippen molar-refractivity contribution in [3.63, 3.8) is 0 Å². The van der Waals surface area contributed by atoms with E-state index in [0.29, 0.717) is 37.2 Å². The van der Waals surface area contributed by atoms with E-state index in [2.05, 4.69) is 46.2 Å². The summed E-state index contributed by atoms with van der Waals surface area (Å²) in [4.78, 5) is 0. The molecule has 0 unspecified atom stereocenters. The zero-order valence-electron chi connectivity index (χ0n) is 35.7. The Bertz CT molecular complexity index is 658. The third-order valence-electron chi connectivity index (χ3n) is 7.13. The van der Waals surface area contributed by atoms with Crippen LogP contribution in [0, 0.1) is 0 Å². The first-order chi connectivity index (χ1) is 23.8. The largest absolute Gasteiger partial charge is 0.502 e. The summed E-state index contributed by atoms with van der Waals surface area (Å²) in [6.45, 7) is 28.6. The standard InChI is InChI=1S/C8H19ClO3Si.C8H19ClOSi.C7H17ClOSi.C5H13ClOSi.C5H14O3Si/c1-4-10-13(8-7-9,11-5-2)12-6-3;1-4-10-11(2,3)8-6-5-7-9;1-9-10(2,3)7-5-4-6-8;1-4-7-8(2,3)5-6;1-5-9(6-2,7-3)8-4/h4-8H2,1-3H3;4-8H2,1-3H3;4-7H2,1-3H3;4-5H2,1-3H3;5H2,1-4H3. The minimum atomic E-state index is -2.43. The van der Waals surface area contributed by atoms with Gasteiger partial charge in [-0.2, -0.15) is 0 Å². The second kappa shape index (κ2) is 40.1. The molecule has 18 heteroatoms. The summed E-state index contributed by atoms with van der Waals surface area (Å²) in [5.41, 5.74) is 0.695. The van der Waals surface area contributed by atoms with Crippen LogP contribution in [0.1, 0.15) is 67.2 Å². The van der Waals surface area contributed by atoms with Crippen molar-refractivity contribution in [2.45, 2.75) is 131 Å². The van der Waals surface area contributed by atoms with E-state index in [1.54, 1.807) is 21.3 Å². The number of hydrogen-bond donors (Lipinski definition) is 0. The maximum absolute atomic E-state index is 5.69. The molecular weight excluding hydrogens is 823 g/mol. The van der Waals surface area contributed by atoms with E-state index >= 15 is 0 Å². The first-order valence-electron chi connectivity index (χ1n) is 18.5. The molecule has 9 nitrogen and oxygen atoms in total. The van der Waals surface area contributed by atoms with Crippen LogP contribution in [0.15, 0.2) is 0 Å². The lowest BCUT2D eigenvalue weighted by Gasteiger charge is -2.27. The molecule has 0 aliphatic heterocycles. The van der Waals surface area contributed by atoms with Crippen LogP contribution in [0.3, 0.4) is 0 Å².